The van der Waals surface area contributed by atoms with Gasteiger partial charge in [0.1, 0.15) is 0 Å². The molecule has 0 aliphatic heterocycles. The minimum absolute atomic E-state index is 0.0255. The molecule has 134 valence electrons. The van der Waals surface area contributed by atoms with Crippen LogP contribution in [0, 0.1) is 0 Å². The zero-order valence-corrected chi connectivity index (χ0v) is 14.9. The Kier molecular flexibility index (Phi) is 10.1. The van der Waals surface area contributed by atoms with E-state index in [9.17, 15) is 14.4 Å². The third kappa shape index (κ3) is 14.6. The lowest BCUT2D eigenvalue weighted by atomic mass is 10.1. The van der Waals surface area contributed by atoms with E-state index in [0.29, 0.717) is 12.8 Å². The molecule has 0 fully saturated rings. The highest BCUT2D eigenvalue weighted by atomic mass is 16.4. The van der Waals surface area contributed by atoms with E-state index in [-0.39, 0.29) is 30.3 Å². The molecule has 0 radical (unpaired) electrons. The van der Waals surface area contributed by atoms with Crippen LogP contribution < -0.4 is 10.6 Å². The SMILES string of the molecule is CC(=O)NC(C)(C)C.O=C(O)CCNC(=O)CCc1ccccc1. The minimum Gasteiger partial charge on any atom is -0.481 e. The molecule has 1 rings (SSSR count). The Morgan fingerprint density at radius 1 is 1.04 bits per heavy atom. The van der Waals surface area contributed by atoms with Gasteiger partial charge in [-0.15, -0.1) is 0 Å². The number of hydrogen-bond acceptors (Lipinski definition) is 3. The van der Waals surface area contributed by atoms with Crippen LogP contribution in [0.2, 0.25) is 0 Å². The molecule has 0 atom stereocenters. The van der Waals surface area contributed by atoms with Crippen LogP contribution in [-0.2, 0) is 20.8 Å². The fourth-order valence-corrected chi connectivity index (χ4v) is 1.83. The molecule has 0 aliphatic rings. The van der Waals surface area contributed by atoms with Gasteiger partial charge in [-0.2, -0.15) is 0 Å². The molecule has 1 aromatic rings. The number of aliphatic carboxylic acids is 1. The van der Waals surface area contributed by atoms with Gasteiger partial charge in [-0.05, 0) is 32.8 Å². The number of benzene rings is 1. The lowest BCUT2D eigenvalue weighted by Gasteiger charge is -2.18. The molecular formula is C18H28N2O4. The molecule has 1 aromatic carbocycles. The molecule has 0 aliphatic carbocycles. The first-order chi connectivity index (χ1) is 11.1. The van der Waals surface area contributed by atoms with Crippen LogP contribution in [0.3, 0.4) is 0 Å². The summed E-state index contributed by atoms with van der Waals surface area (Å²) < 4.78 is 0. The van der Waals surface area contributed by atoms with Crippen molar-refractivity contribution in [1.29, 1.82) is 0 Å². The number of nitrogens with one attached hydrogen (secondary N) is 2. The van der Waals surface area contributed by atoms with Crippen molar-refractivity contribution in [3.8, 4) is 0 Å². The average molecular weight is 336 g/mol. The summed E-state index contributed by atoms with van der Waals surface area (Å²) in [7, 11) is 0. The van der Waals surface area contributed by atoms with Crippen molar-refractivity contribution in [3.63, 3.8) is 0 Å². The van der Waals surface area contributed by atoms with E-state index < -0.39 is 5.97 Å². The van der Waals surface area contributed by atoms with E-state index in [0.717, 1.165) is 5.56 Å². The maximum Gasteiger partial charge on any atom is 0.305 e. The van der Waals surface area contributed by atoms with Crippen molar-refractivity contribution in [2.45, 2.75) is 52.5 Å². The standard InChI is InChI=1S/C12H15NO3.C6H13NO/c14-11(13-9-8-12(15)16)7-6-10-4-2-1-3-5-10;1-5(8)7-6(2,3)4/h1-5H,6-9H2,(H,13,14)(H,15,16);1-4H3,(H,7,8). The lowest BCUT2D eigenvalue weighted by molar-refractivity contribution is -0.137. The van der Waals surface area contributed by atoms with E-state index >= 15 is 0 Å². The van der Waals surface area contributed by atoms with Crippen molar-refractivity contribution >= 4 is 17.8 Å². The van der Waals surface area contributed by atoms with Gasteiger partial charge in [0.15, 0.2) is 0 Å². The van der Waals surface area contributed by atoms with Gasteiger partial charge in [0.25, 0.3) is 0 Å². The maximum absolute atomic E-state index is 11.3. The number of carbonyl (C=O) groups is 3. The Balaban J connectivity index is 0.000000561. The number of carbonyl (C=O) groups excluding carboxylic acids is 2. The summed E-state index contributed by atoms with van der Waals surface area (Å²) in [6.07, 6.45) is 1.04. The van der Waals surface area contributed by atoms with Crippen LogP contribution in [0.15, 0.2) is 30.3 Å². The monoisotopic (exact) mass is 336 g/mol. The zero-order valence-electron chi connectivity index (χ0n) is 14.9. The summed E-state index contributed by atoms with van der Waals surface area (Å²) >= 11 is 0. The molecule has 0 saturated carbocycles. The first kappa shape index (κ1) is 21.6. The number of rotatable bonds is 6. The quantitative estimate of drug-likeness (QED) is 0.741. The maximum atomic E-state index is 11.3. The van der Waals surface area contributed by atoms with Crippen LogP contribution in [0.4, 0.5) is 0 Å². The van der Waals surface area contributed by atoms with Gasteiger partial charge >= 0.3 is 5.97 Å². The predicted octanol–water partition coefficient (Wildman–Crippen LogP) is 2.13. The Morgan fingerprint density at radius 2 is 1.62 bits per heavy atom. The van der Waals surface area contributed by atoms with Gasteiger partial charge in [-0.3, -0.25) is 14.4 Å². The first-order valence-corrected chi connectivity index (χ1v) is 7.91. The molecule has 0 heterocycles. The van der Waals surface area contributed by atoms with Gasteiger partial charge in [0, 0.05) is 25.4 Å². The van der Waals surface area contributed by atoms with Crippen LogP contribution in [0.25, 0.3) is 0 Å². The molecule has 3 N–H and O–H groups in total. The molecule has 2 amide bonds. The van der Waals surface area contributed by atoms with E-state index in [1.807, 2.05) is 51.1 Å². The van der Waals surface area contributed by atoms with Crippen molar-refractivity contribution in [3.05, 3.63) is 35.9 Å². The van der Waals surface area contributed by atoms with Crippen LogP contribution in [0.5, 0.6) is 0 Å². The van der Waals surface area contributed by atoms with Gasteiger partial charge in [0.2, 0.25) is 11.8 Å². The highest BCUT2D eigenvalue weighted by Gasteiger charge is 2.08. The number of carboxylic acid groups (broad SMARTS) is 1. The van der Waals surface area contributed by atoms with Crippen LogP contribution in [-0.4, -0.2) is 35.0 Å². The minimum atomic E-state index is -0.900. The molecule has 24 heavy (non-hydrogen) atoms. The zero-order chi connectivity index (χ0) is 18.6. The number of amides is 2. The average Bonchev–Trinajstić information content (AvgIpc) is 2.44. The molecule has 0 unspecified atom stereocenters. The molecule has 0 bridgehead atoms. The largest absolute Gasteiger partial charge is 0.481 e. The van der Waals surface area contributed by atoms with E-state index in [1.54, 1.807) is 0 Å². The van der Waals surface area contributed by atoms with Crippen LogP contribution in [0.1, 0.15) is 46.1 Å². The Morgan fingerprint density at radius 3 is 2.04 bits per heavy atom. The summed E-state index contributed by atoms with van der Waals surface area (Å²) in [6, 6.07) is 9.71. The smallest absolute Gasteiger partial charge is 0.305 e. The fourth-order valence-electron chi connectivity index (χ4n) is 1.83. The van der Waals surface area contributed by atoms with E-state index in [2.05, 4.69) is 10.6 Å². The first-order valence-electron chi connectivity index (χ1n) is 7.91. The predicted molar refractivity (Wildman–Crippen MR) is 93.6 cm³/mol. The second kappa shape index (κ2) is 11.2. The van der Waals surface area contributed by atoms with Gasteiger partial charge in [-0.1, -0.05) is 30.3 Å². The van der Waals surface area contributed by atoms with Crippen molar-refractivity contribution in [2.24, 2.45) is 0 Å². The third-order valence-electron chi connectivity index (χ3n) is 2.70. The molecule has 0 saturated heterocycles. The number of aryl methyl sites for hydroxylation is 1. The Bertz CT molecular complexity index is 522. The topological polar surface area (TPSA) is 95.5 Å². The van der Waals surface area contributed by atoms with Gasteiger partial charge < -0.3 is 15.7 Å². The van der Waals surface area contributed by atoms with Crippen LogP contribution >= 0.6 is 0 Å². The lowest BCUT2D eigenvalue weighted by Crippen LogP contribution is -2.38. The summed E-state index contributed by atoms with van der Waals surface area (Å²) in [5.41, 5.74) is 1.03. The van der Waals surface area contributed by atoms with Gasteiger partial charge in [-0.25, -0.2) is 0 Å². The second-order valence-electron chi connectivity index (χ2n) is 6.41. The Labute approximate surface area is 143 Å². The summed E-state index contributed by atoms with van der Waals surface area (Å²) in [4.78, 5) is 31.9. The highest BCUT2D eigenvalue weighted by Crippen LogP contribution is 2.01. The molecule has 0 aromatic heterocycles. The van der Waals surface area contributed by atoms with E-state index in [4.69, 9.17) is 5.11 Å². The molecule has 0 spiro atoms. The normalized spacial score (nSPS) is 10.2. The van der Waals surface area contributed by atoms with E-state index in [1.165, 1.54) is 6.92 Å². The van der Waals surface area contributed by atoms with Crippen molar-refractivity contribution < 1.29 is 19.5 Å². The van der Waals surface area contributed by atoms with Crippen molar-refractivity contribution in [1.82, 2.24) is 10.6 Å². The summed E-state index contributed by atoms with van der Waals surface area (Å²) in [6.45, 7) is 7.57. The highest BCUT2D eigenvalue weighted by molar-refractivity contribution is 5.77. The summed E-state index contributed by atoms with van der Waals surface area (Å²) in [5, 5.41) is 13.7. The molecule has 6 heteroatoms. The third-order valence-corrected chi connectivity index (χ3v) is 2.70. The second-order valence-corrected chi connectivity index (χ2v) is 6.41. The fraction of sp³-hybridized carbons (Fsp3) is 0.500. The summed E-state index contributed by atoms with van der Waals surface area (Å²) in [5.74, 6) is -0.981. The number of carboxylic acids is 1. The van der Waals surface area contributed by atoms with Gasteiger partial charge in [0.05, 0.1) is 6.42 Å². The Hall–Kier alpha value is -2.37. The molecular weight excluding hydrogens is 308 g/mol. The van der Waals surface area contributed by atoms with Crippen molar-refractivity contribution in [2.75, 3.05) is 6.54 Å². The number of hydrogen-bond donors (Lipinski definition) is 3. The molecule has 6 nitrogen and oxygen atoms in total.